The molecule has 0 aliphatic carbocycles. The smallest absolute Gasteiger partial charge is 0.164 e. The Labute approximate surface area is 368 Å². The second-order valence-electron chi connectivity index (χ2n) is 15.8. The predicted molar refractivity (Wildman–Crippen MR) is 264 cm³/mol. The molecule has 4 nitrogen and oxygen atoms in total. The van der Waals surface area contributed by atoms with Gasteiger partial charge >= 0.3 is 0 Å². The van der Waals surface area contributed by atoms with Crippen molar-refractivity contribution in [3.63, 3.8) is 0 Å². The van der Waals surface area contributed by atoms with Gasteiger partial charge in [-0.1, -0.05) is 200 Å². The van der Waals surface area contributed by atoms with Crippen molar-refractivity contribution in [2.24, 2.45) is 0 Å². The van der Waals surface area contributed by atoms with Crippen molar-refractivity contribution in [3.8, 4) is 78.8 Å². The van der Waals surface area contributed by atoms with Crippen LogP contribution >= 0.6 is 11.3 Å². The van der Waals surface area contributed by atoms with Crippen LogP contribution in [0.4, 0.5) is 0 Å². The second kappa shape index (κ2) is 15.4. The van der Waals surface area contributed by atoms with E-state index in [4.69, 9.17) is 19.9 Å². The number of nitrogens with zero attached hydrogens (tertiary/aromatic N) is 4. The zero-order valence-corrected chi connectivity index (χ0v) is 34.8. The van der Waals surface area contributed by atoms with E-state index in [9.17, 15) is 0 Å². The quantitative estimate of drug-likeness (QED) is 0.150. The van der Waals surface area contributed by atoms with Crippen LogP contribution in [0.15, 0.2) is 218 Å². The molecule has 0 aliphatic rings. The molecule has 0 saturated carbocycles. The second-order valence-corrected chi connectivity index (χ2v) is 16.8. The lowest BCUT2D eigenvalue weighted by atomic mass is 9.92. The van der Waals surface area contributed by atoms with E-state index in [1.54, 1.807) is 0 Å². The lowest BCUT2D eigenvalue weighted by Gasteiger charge is -2.15. The van der Waals surface area contributed by atoms with Gasteiger partial charge in [-0.15, -0.1) is 11.3 Å². The fourth-order valence-corrected chi connectivity index (χ4v) is 10.1. The minimum atomic E-state index is 0.614. The molecule has 0 radical (unpaired) electrons. The van der Waals surface area contributed by atoms with E-state index in [0.717, 1.165) is 60.9 Å². The lowest BCUT2D eigenvalue weighted by molar-refractivity contribution is 1.07. The highest BCUT2D eigenvalue weighted by molar-refractivity contribution is 7.26. The Balaban J connectivity index is 0.961. The summed E-state index contributed by atoms with van der Waals surface area (Å²) in [6.07, 6.45) is 0. The summed E-state index contributed by atoms with van der Waals surface area (Å²) in [4.78, 5) is 20.7. The van der Waals surface area contributed by atoms with Crippen LogP contribution < -0.4 is 0 Å². The van der Waals surface area contributed by atoms with Gasteiger partial charge in [0.1, 0.15) is 0 Å². The van der Waals surface area contributed by atoms with Gasteiger partial charge in [-0.05, 0) is 51.6 Å². The highest BCUT2D eigenvalue weighted by Crippen LogP contribution is 2.42. The molecular weight excluding hydrogens is 785 g/mol. The average Bonchev–Trinajstić information content (AvgIpc) is 3.76. The highest BCUT2D eigenvalue weighted by Gasteiger charge is 2.18. The molecular formula is C58H36N4S. The molecule has 5 heteroatoms. The van der Waals surface area contributed by atoms with E-state index in [1.807, 2.05) is 41.7 Å². The molecule has 3 heterocycles. The van der Waals surface area contributed by atoms with E-state index in [2.05, 4.69) is 188 Å². The number of pyridine rings is 1. The molecule has 0 bridgehead atoms. The fourth-order valence-electron chi connectivity index (χ4n) is 8.87. The molecule has 12 rings (SSSR count). The molecule has 0 unspecified atom stereocenters. The maximum Gasteiger partial charge on any atom is 0.164 e. The van der Waals surface area contributed by atoms with Crippen LogP contribution in [0.25, 0.3) is 121 Å². The molecule has 63 heavy (non-hydrogen) atoms. The van der Waals surface area contributed by atoms with E-state index in [0.29, 0.717) is 17.5 Å². The predicted octanol–water partition coefficient (Wildman–Crippen LogP) is 15.6. The summed E-state index contributed by atoms with van der Waals surface area (Å²) in [5, 5.41) is 6.03. The molecule has 0 amide bonds. The largest absolute Gasteiger partial charge is 0.247 e. The van der Waals surface area contributed by atoms with E-state index >= 15 is 0 Å². The third kappa shape index (κ3) is 6.63. The average molecular weight is 821 g/mol. The molecule has 3 aromatic heterocycles. The van der Waals surface area contributed by atoms with Crippen LogP contribution in [0.5, 0.6) is 0 Å². The number of hydrogen-bond acceptors (Lipinski definition) is 5. The molecule has 0 spiro atoms. The van der Waals surface area contributed by atoms with Crippen LogP contribution in [0.3, 0.4) is 0 Å². The van der Waals surface area contributed by atoms with Crippen LogP contribution in [0, 0.1) is 0 Å². The summed E-state index contributed by atoms with van der Waals surface area (Å²) < 4.78 is 2.59. The van der Waals surface area contributed by atoms with Gasteiger partial charge in [-0.3, -0.25) is 0 Å². The summed E-state index contributed by atoms with van der Waals surface area (Å²) in [7, 11) is 0. The molecule has 294 valence electrons. The van der Waals surface area contributed by atoms with Crippen molar-refractivity contribution >= 4 is 53.2 Å². The summed E-state index contributed by atoms with van der Waals surface area (Å²) in [5.74, 6) is 1.87. The SMILES string of the molecule is c1ccc(-c2nc(-c3ccc(-c4cccc5c4sc4ccccc45)cc3)nc(-c3cccc(-c4ccc5c(c4)nc(-c4ccccc4)c4cccc(-c6ccccc6)c45)c3)n2)cc1. The minimum absolute atomic E-state index is 0.614. The number of rotatable bonds is 7. The first-order valence-corrected chi connectivity index (χ1v) is 21.9. The van der Waals surface area contributed by atoms with Gasteiger partial charge in [0, 0.05) is 58.6 Å². The van der Waals surface area contributed by atoms with Gasteiger partial charge in [-0.2, -0.15) is 0 Å². The van der Waals surface area contributed by atoms with Crippen molar-refractivity contribution in [2.45, 2.75) is 0 Å². The van der Waals surface area contributed by atoms with Gasteiger partial charge in [-0.25, -0.2) is 19.9 Å². The highest BCUT2D eigenvalue weighted by atomic mass is 32.1. The van der Waals surface area contributed by atoms with Crippen molar-refractivity contribution in [1.82, 2.24) is 19.9 Å². The Hall–Kier alpha value is -8.12. The molecule has 0 atom stereocenters. The van der Waals surface area contributed by atoms with Crippen LogP contribution in [-0.2, 0) is 0 Å². The maximum atomic E-state index is 5.38. The van der Waals surface area contributed by atoms with E-state index < -0.39 is 0 Å². The van der Waals surface area contributed by atoms with Gasteiger partial charge in [0.05, 0.1) is 11.2 Å². The van der Waals surface area contributed by atoms with E-state index in [-0.39, 0.29) is 0 Å². The molecule has 0 saturated heterocycles. The monoisotopic (exact) mass is 820 g/mol. The van der Waals surface area contributed by atoms with Crippen molar-refractivity contribution in [1.29, 1.82) is 0 Å². The van der Waals surface area contributed by atoms with Gasteiger partial charge < -0.3 is 0 Å². The van der Waals surface area contributed by atoms with Gasteiger partial charge in [0.2, 0.25) is 0 Å². The number of thiophene rings is 1. The standard InChI is InChI=1S/C58H36N4S/c1-4-15-37(16-5-1)45-24-13-27-50-53(45)49-34-33-43(36-51(49)59-54(50)39-17-6-2-7-18-39)42-21-12-22-44(35-42)58-61-56(40-19-8-3-9-20-40)60-57(62-58)41-31-29-38(30-32-41)46-25-14-26-48-47-23-10-11-28-52(47)63-55(46)48/h1-36H. The Kier molecular flexibility index (Phi) is 8.98. The Bertz CT molecular complexity index is 3660. The normalized spacial score (nSPS) is 11.5. The van der Waals surface area contributed by atoms with Crippen LogP contribution in [0.2, 0.25) is 0 Å². The number of benzene rings is 9. The van der Waals surface area contributed by atoms with Crippen LogP contribution in [0.1, 0.15) is 0 Å². The molecule has 0 N–H and O–H groups in total. The first-order valence-electron chi connectivity index (χ1n) is 21.1. The lowest BCUT2D eigenvalue weighted by Crippen LogP contribution is -2.00. The van der Waals surface area contributed by atoms with Crippen molar-refractivity contribution in [3.05, 3.63) is 218 Å². The third-order valence-electron chi connectivity index (χ3n) is 11.9. The summed E-state index contributed by atoms with van der Waals surface area (Å²) in [5.41, 5.74) is 12.6. The Morgan fingerprint density at radius 3 is 1.52 bits per heavy atom. The summed E-state index contributed by atoms with van der Waals surface area (Å²) in [6.45, 7) is 0. The zero-order valence-electron chi connectivity index (χ0n) is 34.0. The number of hydrogen-bond donors (Lipinski definition) is 0. The number of aromatic nitrogens is 4. The Morgan fingerprint density at radius 2 is 0.778 bits per heavy atom. The summed E-state index contributed by atoms with van der Waals surface area (Å²) >= 11 is 1.85. The van der Waals surface area contributed by atoms with Crippen molar-refractivity contribution in [2.75, 3.05) is 0 Å². The molecule has 0 fully saturated rings. The fraction of sp³-hybridized carbons (Fsp3) is 0. The molecule has 9 aromatic carbocycles. The topological polar surface area (TPSA) is 51.6 Å². The summed E-state index contributed by atoms with van der Waals surface area (Å²) in [6, 6.07) is 76.8. The van der Waals surface area contributed by atoms with E-state index in [1.165, 1.54) is 42.2 Å². The molecule has 12 aromatic rings. The Morgan fingerprint density at radius 1 is 0.286 bits per heavy atom. The molecule has 0 aliphatic heterocycles. The maximum absolute atomic E-state index is 5.38. The minimum Gasteiger partial charge on any atom is -0.247 e. The van der Waals surface area contributed by atoms with Crippen molar-refractivity contribution < 1.29 is 0 Å². The first-order chi connectivity index (χ1) is 31.2. The van der Waals surface area contributed by atoms with Gasteiger partial charge in [0.25, 0.3) is 0 Å². The zero-order chi connectivity index (χ0) is 41.7. The van der Waals surface area contributed by atoms with Gasteiger partial charge in [0.15, 0.2) is 17.5 Å². The number of fused-ring (bicyclic) bond motifs is 6. The van der Waals surface area contributed by atoms with Crippen LogP contribution in [-0.4, -0.2) is 19.9 Å². The first kappa shape index (κ1) is 36.7. The third-order valence-corrected chi connectivity index (χ3v) is 13.2.